The third kappa shape index (κ3) is 4.23. The molecule has 1 saturated heterocycles. The highest BCUT2D eigenvalue weighted by Crippen LogP contribution is 2.39. The highest BCUT2D eigenvalue weighted by atomic mass is 35.5. The highest BCUT2D eigenvalue weighted by Gasteiger charge is 2.27. The summed E-state index contributed by atoms with van der Waals surface area (Å²) in [7, 11) is 0. The maximum Gasteiger partial charge on any atom is 0.223 e. The summed E-state index contributed by atoms with van der Waals surface area (Å²) in [6.45, 7) is 1.89. The molecule has 1 atom stereocenters. The molecule has 0 unspecified atom stereocenters. The molecule has 4 N–H and O–H groups in total. The lowest BCUT2D eigenvalue weighted by atomic mass is 9.91. The van der Waals surface area contributed by atoms with Crippen LogP contribution >= 0.6 is 12.4 Å². The number of fused-ring (bicyclic) bond motifs is 2. The van der Waals surface area contributed by atoms with Gasteiger partial charge in [0.05, 0.1) is 23.3 Å². The lowest BCUT2D eigenvalue weighted by Crippen LogP contribution is -2.28. The maximum atomic E-state index is 11.3. The molecule has 7 heteroatoms. The molecule has 162 valence electrons. The number of pyridine rings is 2. The Kier molecular flexibility index (Phi) is 6.12. The van der Waals surface area contributed by atoms with E-state index in [1.54, 1.807) is 6.20 Å². The van der Waals surface area contributed by atoms with Gasteiger partial charge < -0.3 is 16.4 Å². The number of nitrogens with zero attached hydrogens (tertiary/aromatic N) is 3. The van der Waals surface area contributed by atoms with E-state index in [4.69, 9.17) is 16.5 Å². The summed E-state index contributed by atoms with van der Waals surface area (Å²) in [6, 6.07) is 10.6. The minimum Gasteiger partial charge on any atom is -0.369 e. The molecular formula is C24H28ClN5O. The van der Waals surface area contributed by atoms with E-state index < -0.39 is 0 Å². The Morgan fingerprint density at radius 3 is 2.71 bits per heavy atom. The molecule has 1 aromatic carbocycles. The second-order valence-electron chi connectivity index (χ2n) is 8.50. The summed E-state index contributed by atoms with van der Waals surface area (Å²) < 4.78 is 0. The summed E-state index contributed by atoms with van der Waals surface area (Å²) in [5, 5.41) is 1.19. The van der Waals surface area contributed by atoms with E-state index >= 15 is 0 Å². The average Bonchev–Trinajstić information content (AvgIpc) is 3.17. The summed E-state index contributed by atoms with van der Waals surface area (Å²) in [6.07, 6.45) is 7.48. The number of halogens is 1. The van der Waals surface area contributed by atoms with Gasteiger partial charge in [-0.15, -0.1) is 12.4 Å². The number of benzene rings is 1. The minimum atomic E-state index is -0.373. The van der Waals surface area contributed by atoms with Crippen LogP contribution in [0.4, 0.5) is 5.69 Å². The first-order chi connectivity index (χ1) is 14.6. The van der Waals surface area contributed by atoms with Crippen molar-refractivity contribution in [1.82, 2.24) is 9.97 Å². The van der Waals surface area contributed by atoms with E-state index in [9.17, 15) is 4.79 Å². The molecule has 0 spiro atoms. The normalized spacial score (nSPS) is 18.0. The van der Waals surface area contributed by atoms with Crippen LogP contribution in [0.25, 0.3) is 22.0 Å². The monoisotopic (exact) mass is 437 g/mol. The zero-order valence-electron chi connectivity index (χ0n) is 17.5. The zero-order valence-corrected chi connectivity index (χ0v) is 18.3. The number of hydrogen-bond acceptors (Lipinski definition) is 5. The summed E-state index contributed by atoms with van der Waals surface area (Å²) >= 11 is 0. The minimum absolute atomic E-state index is 0. The van der Waals surface area contributed by atoms with Crippen molar-refractivity contribution in [2.24, 2.45) is 11.5 Å². The fourth-order valence-electron chi connectivity index (χ4n) is 4.86. The summed E-state index contributed by atoms with van der Waals surface area (Å²) in [5.74, 6) is -0.373. The van der Waals surface area contributed by atoms with Crippen molar-refractivity contribution < 1.29 is 4.79 Å². The molecule has 3 aromatic rings. The third-order valence-corrected chi connectivity index (χ3v) is 6.28. The van der Waals surface area contributed by atoms with Crippen molar-refractivity contribution in [3.63, 3.8) is 0 Å². The van der Waals surface area contributed by atoms with Crippen LogP contribution in [-0.4, -0.2) is 35.0 Å². The largest absolute Gasteiger partial charge is 0.369 e. The molecule has 31 heavy (non-hydrogen) atoms. The van der Waals surface area contributed by atoms with Gasteiger partial charge in [0.15, 0.2) is 0 Å². The van der Waals surface area contributed by atoms with Crippen molar-refractivity contribution in [2.75, 3.05) is 18.0 Å². The summed E-state index contributed by atoms with van der Waals surface area (Å²) in [5.41, 5.74) is 19.5. The molecule has 2 aromatic heterocycles. The molecule has 6 nitrogen and oxygen atoms in total. The predicted octanol–water partition coefficient (Wildman–Crippen LogP) is 3.16. The second kappa shape index (κ2) is 8.81. The van der Waals surface area contributed by atoms with Gasteiger partial charge in [0.2, 0.25) is 5.91 Å². The Labute approximate surface area is 188 Å². The number of carbonyl (C=O) groups excluding carboxylic acids is 1. The number of amides is 1. The first-order valence-electron chi connectivity index (χ1n) is 10.8. The predicted molar refractivity (Wildman–Crippen MR) is 127 cm³/mol. The van der Waals surface area contributed by atoms with Crippen LogP contribution in [0.2, 0.25) is 0 Å². The Balaban J connectivity index is 0.00000231. The van der Waals surface area contributed by atoms with Crippen LogP contribution in [0.3, 0.4) is 0 Å². The lowest BCUT2D eigenvalue weighted by Gasteiger charge is -2.28. The maximum absolute atomic E-state index is 11.3. The topological polar surface area (TPSA) is 98.1 Å². The SMILES string of the molecule is Cl.NC(=O)Cc1cc(-c2ccc3nc4c(c(N5CC[C@H](N)C5)c3c2)CCCC4)ccn1. The molecule has 5 rings (SSSR count). The first kappa shape index (κ1) is 21.5. The smallest absolute Gasteiger partial charge is 0.223 e. The Morgan fingerprint density at radius 2 is 1.94 bits per heavy atom. The van der Waals surface area contributed by atoms with Crippen LogP contribution in [0.15, 0.2) is 36.5 Å². The van der Waals surface area contributed by atoms with E-state index in [1.165, 1.54) is 35.2 Å². The van der Waals surface area contributed by atoms with Crippen molar-refractivity contribution in [3.8, 4) is 11.1 Å². The number of aromatic nitrogens is 2. The van der Waals surface area contributed by atoms with Gasteiger partial charge in [0, 0.05) is 36.4 Å². The van der Waals surface area contributed by atoms with Gasteiger partial charge in [-0.1, -0.05) is 6.07 Å². The molecule has 1 amide bonds. The fourth-order valence-corrected chi connectivity index (χ4v) is 4.86. The standard InChI is InChI=1S/C24H27N5O.ClH/c25-17-8-10-29(14-17)24-19-3-1-2-4-21(19)28-22-6-5-15(12-20(22)24)16-7-9-27-18(11-16)13-23(26)30;/h5-7,9,11-12,17H,1-4,8,10,13-14,25H2,(H2,26,30);1H/t17-;/m0./s1. The van der Waals surface area contributed by atoms with Crippen LogP contribution in [0.1, 0.15) is 36.2 Å². The fraction of sp³-hybridized carbons (Fsp3) is 0.375. The highest BCUT2D eigenvalue weighted by molar-refractivity contribution is 5.97. The van der Waals surface area contributed by atoms with E-state index in [2.05, 4.69) is 28.1 Å². The van der Waals surface area contributed by atoms with E-state index in [0.717, 1.165) is 49.0 Å². The average molecular weight is 438 g/mol. The number of primary amides is 1. The van der Waals surface area contributed by atoms with Crippen molar-refractivity contribution >= 4 is 34.9 Å². The van der Waals surface area contributed by atoms with Crippen molar-refractivity contribution in [2.45, 2.75) is 44.6 Å². The van der Waals surface area contributed by atoms with Crippen LogP contribution in [-0.2, 0) is 24.1 Å². The second-order valence-corrected chi connectivity index (χ2v) is 8.50. The molecule has 2 aliphatic rings. The molecule has 1 fully saturated rings. The van der Waals surface area contributed by atoms with Crippen molar-refractivity contribution in [1.29, 1.82) is 0 Å². The van der Waals surface area contributed by atoms with E-state index in [0.29, 0.717) is 5.69 Å². The third-order valence-electron chi connectivity index (χ3n) is 6.28. The Hall–Kier alpha value is -2.70. The molecule has 3 heterocycles. The Bertz CT molecular complexity index is 1130. The van der Waals surface area contributed by atoms with Gasteiger partial charge in [0.25, 0.3) is 0 Å². The van der Waals surface area contributed by atoms with Crippen LogP contribution < -0.4 is 16.4 Å². The zero-order chi connectivity index (χ0) is 20.7. The van der Waals surface area contributed by atoms with Gasteiger partial charge in [-0.2, -0.15) is 0 Å². The van der Waals surface area contributed by atoms with Crippen LogP contribution in [0, 0.1) is 0 Å². The van der Waals surface area contributed by atoms with Gasteiger partial charge in [-0.05, 0) is 73.1 Å². The quantitative estimate of drug-likeness (QED) is 0.653. The first-order valence-corrected chi connectivity index (χ1v) is 10.8. The number of carbonyl (C=O) groups is 1. The van der Waals surface area contributed by atoms with E-state index in [1.807, 2.05) is 12.1 Å². The van der Waals surface area contributed by atoms with Gasteiger partial charge in [0.1, 0.15) is 0 Å². The number of anilines is 1. The number of hydrogen-bond donors (Lipinski definition) is 2. The number of aryl methyl sites for hydroxylation is 1. The molecule has 1 aliphatic heterocycles. The molecule has 0 bridgehead atoms. The van der Waals surface area contributed by atoms with E-state index in [-0.39, 0.29) is 30.8 Å². The van der Waals surface area contributed by atoms with Gasteiger partial charge >= 0.3 is 0 Å². The number of nitrogens with two attached hydrogens (primary N) is 2. The van der Waals surface area contributed by atoms with Crippen LogP contribution in [0.5, 0.6) is 0 Å². The van der Waals surface area contributed by atoms with Crippen molar-refractivity contribution in [3.05, 3.63) is 53.5 Å². The molecule has 0 radical (unpaired) electrons. The summed E-state index contributed by atoms with van der Waals surface area (Å²) in [4.78, 5) is 23.1. The van der Waals surface area contributed by atoms with Gasteiger partial charge in [-0.25, -0.2) is 0 Å². The molecule has 1 aliphatic carbocycles. The molecular weight excluding hydrogens is 410 g/mol. The van der Waals surface area contributed by atoms with Gasteiger partial charge in [-0.3, -0.25) is 14.8 Å². The molecule has 0 saturated carbocycles. The number of rotatable bonds is 4. The Morgan fingerprint density at radius 1 is 1.13 bits per heavy atom. The lowest BCUT2D eigenvalue weighted by molar-refractivity contribution is -0.117.